The minimum absolute atomic E-state index is 0.294. The Hall–Kier alpha value is -5.99. The number of nitrogens with zero attached hydrogens (tertiary/aromatic N) is 3. The maximum Gasteiger partial charge on any atom is 0.227 e. The summed E-state index contributed by atoms with van der Waals surface area (Å²) in [6.07, 6.45) is 0. The lowest BCUT2D eigenvalue weighted by molar-refractivity contribution is 0.598. The zero-order valence-electron chi connectivity index (χ0n) is 24.2. The fourth-order valence-electron chi connectivity index (χ4n) is 6.08. The summed E-state index contributed by atoms with van der Waals surface area (Å²) in [5.74, 6) is 1.06. The Balaban J connectivity index is 1.15. The number of hydrogen-bond acceptors (Lipinski definition) is 7. The number of fused-ring (bicyclic) bond motifs is 5. The molecule has 0 N–H and O–H groups in total. The largest absolute Gasteiger partial charge is 0.436 e. The Morgan fingerprint density at radius 3 is 1.52 bits per heavy atom. The van der Waals surface area contributed by atoms with Gasteiger partial charge in [-0.15, -0.1) is 0 Å². The van der Waals surface area contributed by atoms with Gasteiger partial charge in [0.2, 0.25) is 21.6 Å². The first-order valence-electron chi connectivity index (χ1n) is 14.7. The highest BCUT2D eigenvalue weighted by Gasteiger charge is 2.33. The Morgan fingerprint density at radius 2 is 0.957 bits per heavy atom. The fraction of sp³-hybridized carbons (Fsp3) is 0. The Bertz CT molecular complexity index is 2370. The number of benzene rings is 6. The molecule has 1 aliphatic heterocycles. The normalized spacial score (nSPS) is 13.1. The van der Waals surface area contributed by atoms with Gasteiger partial charge in [0.25, 0.3) is 0 Å². The third kappa shape index (κ3) is 4.15. The third-order valence-electron chi connectivity index (χ3n) is 8.31. The lowest BCUT2D eigenvalue weighted by Crippen LogP contribution is -2.10. The first-order chi connectivity index (χ1) is 22.5. The average molecular weight is 618 g/mol. The zero-order chi connectivity index (χ0) is 30.8. The smallest absolute Gasteiger partial charge is 0.227 e. The van der Waals surface area contributed by atoms with Crippen molar-refractivity contribution in [3.8, 4) is 34.0 Å². The fourth-order valence-corrected chi connectivity index (χ4v) is 7.79. The molecule has 8 heteroatoms. The Labute approximate surface area is 263 Å². The predicted octanol–water partition coefficient (Wildman–Crippen LogP) is 9.59. The van der Waals surface area contributed by atoms with Crippen LogP contribution in [0.1, 0.15) is 0 Å². The summed E-state index contributed by atoms with van der Waals surface area (Å²) in [7, 11) is -3.66. The van der Waals surface area contributed by atoms with E-state index >= 15 is 0 Å². The molecular formula is C38H23N3O4S. The molecule has 0 fully saturated rings. The van der Waals surface area contributed by atoms with Gasteiger partial charge in [-0.05, 0) is 91.0 Å². The molecule has 0 saturated heterocycles. The van der Waals surface area contributed by atoms with Crippen LogP contribution in [0.15, 0.2) is 158 Å². The molecule has 0 saturated carbocycles. The van der Waals surface area contributed by atoms with E-state index in [1.54, 1.807) is 18.2 Å². The van der Waals surface area contributed by atoms with E-state index in [4.69, 9.17) is 8.83 Å². The molecule has 0 bridgehead atoms. The summed E-state index contributed by atoms with van der Waals surface area (Å²) >= 11 is 0. The van der Waals surface area contributed by atoms with Crippen LogP contribution < -0.4 is 4.90 Å². The SMILES string of the molecule is O=S1(=O)c2ccccc2-c2ccc(N(c3ccc(-c4nc5ccccc5o4)cc3)c3ccc(-c4nc5ccccc5o4)cc3)cc21. The summed E-state index contributed by atoms with van der Waals surface area (Å²) in [4.78, 5) is 11.9. The summed E-state index contributed by atoms with van der Waals surface area (Å²) < 4.78 is 39.2. The van der Waals surface area contributed by atoms with E-state index in [-0.39, 0.29) is 0 Å². The summed E-state index contributed by atoms with van der Waals surface area (Å²) in [6.45, 7) is 0. The van der Waals surface area contributed by atoms with E-state index in [1.165, 1.54) is 0 Å². The van der Waals surface area contributed by atoms with Gasteiger partial charge in [0, 0.05) is 39.3 Å². The van der Waals surface area contributed by atoms with Crippen molar-refractivity contribution in [2.24, 2.45) is 0 Å². The first kappa shape index (κ1) is 26.4. The number of rotatable bonds is 5. The van der Waals surface area contributed by atoms with E-state index < -0.39 is 9.84 Å². The topological polar surface area (TPSA) is 89.4 Å². The van der Waals surface area contributed by atoms with Gasteiger partial charge in [-0.25, -0.2) is 18.4 Å². The summed E-state index contributed by atoms with van der Waals surface area (Å²) in [5.41, 5.74) is 8.51. The quantitative estimate of drug-likeness (QED) is 0.190. The number of para-hydroxylation sites is 4. The molecule has 1 aliphatic rings. The van der Waals surface area contributed by atoms with Crippen molar-refractivity contribution in [1.29, 1.82) is 0 Å². The molecule has 46 heavy (non-hydrogen) atoms. The second kappa shape index (κ2) is 10.0. The van der Waals surface area contributed by atoms with Crippen LogP contribution in [-0.2, 0) is 9.84 Å². The van der Waals surface area contributed by atoms with Gasteiger partial charge in [-0.3, -0.25) is 0 Å². The predicted molar refractivity (Wildman–Crippen MR) is 178 cm³/mol. The molecule has 220 valence electrons. The van der Waals surface area contributed by atoms with Crippen molar-refractivity contribution in [3.63, 3.8) is 0 Å². The van der Waals surface area contributed by atoms with Gasteiger partial charge < -0.3 is 13.7 Å². The van der Waals surface area contributed by atoms with Gasteiger partial charge in [-0.2, -0.15) is 0 Å². The molecule has 2 aromatic heterocycles. The van der Waals surface area contributed by atoms with Gasteiger partial charge in [0.15, 0.2) is 11.2 Å². The van der Waals surface area contributed by atoms with Crippen LogP contribution in [0.2, 0.25) is 0 Å². The van der Waals surface area contributed by atoms with Crippen LogP contribution in [0.25, 0.3) is 56.2 Å². The van der Waals surface area contributed by atoms with Crippen molar-refractivity contribution >= 4 is 49.1 Å². The van der Waals surface area contributed by atoms with Gasteiger partial charge >= 0.3 is 0 Å². The van der Waals surface area contributed by atoms with E-state index in [2.05, 4.69) is 9.97 Å². The second-order valence-corrected chi connectivity index (χ2v) is 13.0. The van der Waals surface area contributed by atoms with Crippen LogP contribution >= 0.6 is 0 Å². The number of aromatic nitrogens is 2. The highest BCUT2D eigenvalue weighted by Crippen LogP contribution is 2.46. The maximum atomic E-state index is 13.6. The Morgan fingerprint density at radius 1 is 0.478 bits per heavy atom. The van der Waals surface area contributed by atoms with E-state index in [9.17, 15) is 8.42 Å². The average Bonchev–Trinajstić information content (AvgIpc) is 3.79. The van der Waals surface area contributed by atoms with Crippen molar-refractivity contribution < 1.29 is 17.3 Å². The minimum atomic E-state index is -3.66. The van der Waals surface area contributed by atoms with Crippen LogP contribution in [0.3, 0.4) is 0 Å². The summed E-state index contributed by atoms with van der Waals surface area (Å²) in [6, 6.07) is 43.8. The molecule has 3 heterocycles. The van der Waals surface area contributed by atoms with Crippen LogP contribution in [0.4, 0.5) is 17.1 Å². The highest BCUT2D eigenvalue weighted by atomic mass is 32.2. The zero-order valence-corrected chi connectivity index (χ0v) is 25.0. The number of oxazole rings is 2. The van der Waals surface area contributed by atoms with Crippen LogP contribution in [0, 0.1) is 0 Å². The van der Waals surface area contributed by atoms with E-state index in [0.717, 1.165) is 50.3 Å². The van der Waals surface area contributed by atoms with E-state index in [0.29, 0.717) is 32.8 Å². The third-order valence-corrected chi connectivity index (χ3v) is 10.2. The van der Waals surface area contributed by atoms with Crippen LogP contribution in [-0.4, -0.2) is 18.4 Å². The van der Waals surface area contributed by atoms with Gasteiger partial charge in [-0.1, -0.05) is 48.5 Å². The number of sulfone groups is 1. The molecule has 0 radical (unpaired) electrons. The molecule has 9 rings (SSSR count). The first-order valence-corrected chi connectivity index (χ1v) is 16.2. The molecule has 7 nitrogen and oxygen atoms in total. The molecule has 0 spiro atoms. The number of hydrogen-bond donors (Lipinski definition) is 0. The summed E-state index contributed by atoms with van der Waals surface area (Å²) in [5, 5.41) is 0. The number of anilines is 3. The standard InChI is InChI=1S/C38H23N3O4S/c42-46(43)35-12-6-1-7-29(35)30-22-21-28(23-36(30)46)41(26-17-13-24(14-18-26)37-39-31-8-2-4-10-33(31)44-37)27-19-15-25(16-20-27)38-40-32-9-3-5-11-34(32)45-38/h1-23H. The monoisotopic (exact) mass is 617 g/mol. The highest BCUT2D eigenvalue weighted by molar-refractivity contribution is 7.92. The molecule has 0 unspecified atom stereocenters. The van der Waals surface area contributed by atoms with Crippen molar-refractivity contribution in [3.05, 3.63) is 140 Å². The minimum Gasteiger partial charge on any atom is -0.436 e. The molecule has 0 atom stereocenters. The molecule has 0 amide bonds. The lowest BCUT2D eigenvalue weighted by Gasteiger charge is -2.26. The molecule has 8 aromatic rings. The van der Waals surface area contributed by atoms with Gasteiger partial charge in [0.1, 0.15) is 11.0 Å². The van der Waals surface area contributed by atoms with Gasteiger partial charge in [0.05, 0.1) is 9.79 Å². The second-order valence-electron chi connectivity index (χ2n) is 11.1. The Kier molecular flexibility index (Phi) is 5.75. The van der Waals surface area contributed by atoms with E-state index in [1.807, 2.05) is 126 Å². The molecular weight excluding hydrogens is 595 g/mol. The maximum absolute atomic E-state index is 13.6. The molecule has 0 aliphatic carbocycles. The van der Waals surface area contributed by atoms with Crippen molar-refractivity contribution in [2.45, 2.75) is 9.79 Å². The lowest BCUT2D eigenvalue weighted by atomic mass is 10.0. The van der Waals surface area contributed by atoms with Crippen LogP contribution in [0.5, 0.6) is 0 Å². The molecule has 6 aromatic carbocycles. The van der Waals surface area contributed by atoms with Crippen molar-refractivity contribution in [2.75, 3.05) is 4.90 Å². The van der Waals surface area contributed by atoms with Crippen molar-refractivity contribution in [1.82, 2.24) is 9.97 Å².